The van der Waals surface area contributed by atoms with Gasteiger partial charge in [-0.05, 0) is 132 Å². The zero-order valence-corrected chi connectivity index (χ0v) is 33.6. The van der Waals surface area contributed by atoms with Crippen LogP contribution in [0.15, 0.2) is 182 Å². The lowest BCUT2D eigenvalue weighted by molar-refractivity contribution is 1.09. The van der Waals surface area contributed by atoms with Crippen LogP contribution in [0.25, 0.3) is 71.8 Å². The third-order valence-electron chi connectivity index (χ3n) is 10.5. The van der Waals surface area contributed by atoms with Crippen LogP contribution in [0.3, 0.4) is 0 Å². The lowest BCUT2D eigenvalue weighted by atomic mass is 9.88. The predicted molar refractivity (Wildman–Crippen MR) is 251 cm³/mol. The van der Waals surface area contributed by atoms with Crippen molar-refractivity contribution in [2.45, 2.75) is 47.0 Å². The summed E-state index contributed by atoms with van der Waals surface area (Å²) >= 11 is 0. The molecule has 0 N–H and O–H groups in total. The summed E-state index contributed by atoms with van der Waals surface area (Å²) < 4.78 is 0. The molecular formula is C57H50. The molecule has 57 heavy (non-hydrogen) atoms. The molecule has 0 bridgehead atoms. The van der Waals surface area contributed by atoms with Gasteiger partial charge < -0.3 is 0 Å². The Labute approximate surface area is 339 Å². The van der Waals surface area contributed by atoms with Gasteiger partial charge in [0.15, 0.2) is 0 Å². The Kier molecular flexibility index (Phi) is 12.4. The fourth-order valence-electron chi connectivity index (χ4n) is 7.85. The third-order valence-corrected chi connectivity index (χ3v) is 10.5. The van der Waals surface area contributed by atoms with Crippen molar-refractivity contribution in [3.63, 3.8) is 0 Å². The van der Waals surface area contributed by atoms with Gasteiger partial charge in [0.05, 0.1) is 0 Å². The average Bonchev–Trinajstić information content (AvgIpc) is 3.26. The fourth-order valence-corrected chi connectivity index (χ4v) is 7.85. The minimum absolute atomic E-state index is 0.599. The first kappa shape index (κ1) is 38.6. The van der Waals surface area contributed by atoms with Crippen molar-refractivity contribution in [3.8, 4) is 34.6 Å². The molecule has 8 aromatic rings. The molecule has 0 nitrogen and oxygen atoms in total. The molecule has 0 aliphatic rings. The van der Waals surface area contributed by atoms with Crippen LogP contribution in [-0.2, 0) is 12.8 Å². The number of allylic oxidation sites excluding steroid dienone is 5. The minimum Gasteiger partial charge on any atom is -0.120 e. The Balaban J connectivity index is 0.00000160. The summed E-state index contributed by atoms with van der Waals surface area (Å²) in [5.74, 6) is 2.89. The Bertz CT molecular complexity index is 2800. The van der Waals surface area contributed by atoms with Crippen molar-refractivity contribution < 1.29 is 0 Å². The summed E-state index contributed by atoms with van der Waals surface area (Å²) in [7, 11) is 0. The number of terminal acetylenes is 1. The minimum atomic E-state index is 0.599. The monoisotopic (exact) mass is 734 g/mol. The predicted octanol–water partition coefficient (Wildman–Crippen LogP) is 15.8. The van der Waals surface area contributed by atoms with E-state index in [1.807, 2.05) is 0 Å². The first-order valence-electron chi connectivity index (χ1n) is 20.2. The van der Waals surface area contributed by atoms with Gasteiger partial charge in [0, 0.05) is 6.42 Å². The van der Waals surface area contributed by atoms with Crippen LogP contribution in [0.1, 0.15) is 61.9 Å². The van der Waals surface area contributed by atoms with Gasteiger partial charge in [-0.2, -0.15) is 0 Å². The van der Waals surface area contributed by atoms with Crippen LogP contribution in [-0.4, -0.2) is 0 Å². The second-order valence-corrected chi connectivity index (χ2v) is 14.7. The molecule has 0 radical (unpaired) electrons. The SMILES string of the molecule is C#CCc1c(/C=C\C)cc(-c2cccc(/C(C)=C/C(=C\Cc3cccc(-c4cc5ccccc5c5ccccc45)c3)c3ccccc3)c2)c2ccccc12.CCC. The van der Waals surface area contributed by atoms with E-state index in [0.717, 1.165) is 6.42 Å². The van der Waals surface area contributed by atoms with E-state index >= 15 is 0 Å². The van der Waals surface area contributed by atoms with E-state index in [9.17, 15) is 0 Å². The molecule has 278 valence electrons. The smallest absolute Gasteiger partial charge is 0.0349 e. The zero-order chi connectivity index (χ0) is 39.6. The largest absolute Gasteiger partial charge is 0.120 e. The normalized spacial score (nSPS) is 11.8. The van der Waals surface area contributed by atoms with Crippen molar-refractivity contribution >= 4 is 49.5 Å². The van der Waals surface area contributed by atoms with E-state index in [-0.39, 0.29) is 0 Å². The molecule has 0 heterocycles. The maximum absolute atomic E-state index is 5.84. The molecule has 8 aromatic carbocycles. The number of benzene rings is 8. The van der Waals surface area contributed by atoms with Gasteiger partial charge in [0.1, 0.15) is 0 Å². The van der Waals surface area contributed by atoms with Crippen molar-refractivity contribution in [2.24, 2.45) is 0 Å². The summed E-state index contributed by atoms with van der Waals surface area (Å²) in [4.78, 5) is 0. The van der Waals surface area contributed by atoms with Gasteiger partial charge in [-0.1, -0.05) is 190 Å². The lowest BCUT2D eigenvalue weighted by Crippen LogP contribution is -1.94. The van der Waals surface area contributed by atoms with Crippen molar-refractivity contribution in [3.05, 3.63) is 210 Å². The van der Waals surface area contributed by atoms with Gasteiger partial charge in [-0.25, -0.2) is 0 Å². The van der Waals surface area contributed by atoms with Crippen LogP contribution in [0, 0.1) is 12.3 Å². The summed E-state index contributed by atoms with van der Waals surface area (Å²) in [5.41, 5.74) is 13.4. The van der Waals surface area contributed by atoms with Crippen LogP contribution >= 0.6 is 0 Å². The lowest BCUT2D eigenvalue weighted by Gasteiger charge is -2.15. The number of hydrogen-bond acceptors (Lipinski definition) is 0. The molecule has 0 saturated heterocycles. The maximum atomic E-state index is 5.84. The standard InChI is InChI=1S/C54H42.C3H8/c1-4-17-43-36-54(51-29-13-11-27-49(51)47(43)18-5-2)45-25-16-23-41(35-45)38(3)33-42(40-20-7-6-8-21-40)32-31-39-19-15-24-44(34-39)53-37-46-22-9-10-26-48(46)50-28-12-14-30-52(50)53;1-3-2/h2,4,6-17,19-30,32-37H,18,31H2,1,3H3;3H2,1-2H3/b17-4-,38-33+,42-32+;. The molecule has 0 aromatic heterocycles. The van der Waals surface area contributed by atoms with Gasteiger partial charge >= 0.3 is 0 Å². The fraction of sp³-hybridized carbons (Fsp3) is 0.123. The summed E-state index contributed by atoms with van der Waals surface area (Å²) in [6.07, 6.45) is 17.5. The Morgan fingerprint density at radius 2 is 1.16 bits per heavy atom. The molecular weight excluding hydrogens is 685 g/mol. The van der Waals surface area contributed by atoms with Crippen LogP contribution in [0.2, 0.25) is 0 Å². The molecule has 0 spiro atoms. The van der Waals surface area contributed by atoms with Crippen LogP contribution < -0.4 is 0 Å². The first-order valence-corrected chi connectivity index (χ1v) is 20.2. The average molecular weight is 735 g/mol. The molecule has 0 unspecified atom stereocenters. The molecule has 0 amide bonds. The summed E-state index contributed by atoms with van der Waals surface area (Å²) in [5, 5.41) is 7.56. The summed E-state index contributed by atoms with van der Waals surface area (Å²) in [6.45, 7) is 8.53. The highest BCUT2D eigenvalue weighted by Crippen LogP contribution is 2.37. The second kappa shape index (κ2) is 18.3. The highest BCUT2D eigenvalue weighted by molar-refractivity contribution is 6.13. The Morgan fingerprint density at radius 1 is 0.579 bits per heavy atom. The van der Waals surface area contributed by atoms with Crippen LogP contribution in [0.4, 0.5) is 0 Å². The van der Waals surface area contributed by atoms with Gasteiger partial charge in [0.25, 0.3) is 0 Å². The van der Waals surface area contributed by atoms with E-state index in [1.165, 1.54) is 100.0 Å². The zero-order valence-electron chi connectivity index (χ0n) is 33.6. The maximum Gasteiger partial charge on any atom is 0.0349 e. The highest BCUT2D eigenvalue weighted by atomic mass is 14.2. The Morgan fingerprint density at radius 3 is 1.88 bits per heavy atom. The van der Waals surface area contributed by atoms with Crippen molar-refractivity contribution in [1.29, 1.82) is 0 Å². The molecule has 0 aliphatic carbocycles. The van der Waals surface area contributed by atoms with Gasteiger partial charge in [0.2, 0.25) is 0 Å². The highest BCUT2D eigenvalue weighted by Gasteiger charge is 2.13. The van der Waals surface area contributed by atoms with Gasteiger partial charge in [-0.15, -0.1) is 12.3 Å². The topological polar surface area (TPSA) is 0 Å². The van der Waals surface area contributed by atoms with Gasteiger partial charge in [-0.3, -0.25) is 0 Å². The third kappa shape index (κ3) is 8.60. The van der Waals surface area contributed by atoms with E-state index < -0.39 is 0 Å². The van der Waals surface area contributed by atoms with E-state index in [2.05, 4.69) is 222 Å². The molecule has 0 heteroatoms. The molecule has 8 rings (SSSR count). The second-order valence-electron chi connectivity index (χ2n) is 14.7. The number of fused-ring (bicyclic) bond motifs is 4. The van der Waals surface area contributed by atoms with Crippen molar-refractivity contribution in [1.82, 2.24) is 0 Å². The van der Waals surface area contributed by atoms with E-state index in [1.54, 1.807) is 0 Å². The first-order chi connectivity index (χ1) is 28.0. The van der Waals surface area contributed by atoms with E-state index in [4.69, 9.17) is 6.42 Å². The molecule has 0 aliphatic heterocycles. The van der Waals surface area contributed by atoms with Crippen LogP contribution in [0.5, 0.6) is 0 Å². The quantitative estimate of drug-likeness (QED) is 0.0787. The van der Waals surface area contributed by atoms with Crippen molar-refractivity contribution in [2.75, 3.05) is 0 Å². The molecule has 0 fully saturated rings. The number of rotatable bonds is 9. The summed E-state index contributed by atoms with van der Waals surface area (Å²) in [6, 6.07) is 59.5. The van der Waals surface area contributed by atoms with E-state index in [0.29, 0.717) is 6.42 Å². The molecule has 0 atom stereocenters. The Hall–Kier alpha value is -6.68. The number of hydrogen-bond donors (Lipinski definition) is 0. The molecule has 0 saturated carbocycles.